The molecular formula is C17H19N3O2S. The summed E-state index contributed by atoms with van der Waals surface area (Å²) in [6.45, 7) is 4.83. The Kier molecular flexibility index (Phi) is 3.66. The van der Waals surface area contributed by atoms with Gasteiger partial charge in [-0.25, -0.2) is 0 Å². The van der Waals surface area contributed by atoms with Crippen molar-refractivity contribution in [1.82, 2.24) is 15.2 Å². The Balaban J connectivity index is 1.51. The molecule has 0 spiro atoms. The number of fused-ring (bicyclic) bond motifs is 3. The Morgan fingerprint density at radius 1 is 1.35 bits per heavy atom. The summed E-state index contributed by atoms with van der Waals surface area (Å²) >= 11 is 1.42. The highest BCUT2D eigenvalue weighted by Gasteiger charge is 2.33. The van der Waals surface area contributed by atoms with Gasteiger partial charge in [-0.05, 0) is 44.4 Å². The molecule has 3 atom stereocenters. The highest BCUT2D eigenvalue weighted by Crippen LogP contribution is 2.28. The molecule has 2 fully saturated rings. The van der Waals surface area contributed by atoms with E-state index in [4.69, 9.17) is 0 Å². The SMILES string of the molecule is CC(=O)c1cc2cnc(C(=O)NC3CC4CCN(C4)C3)cc2s1. The maximum absolute atomic E-state index is 12.5. The number of hydrogen-bond acceptors (Lipinski definition) is 5. The third-order valence-electron chi connectivity index (χ3n) is 4.78. The first kappa shape index (κ1) is 14.8. The number of pyridine rings is 1. The van der Waals surface area contributed by atoms with Crippen LogP contribution in [-0.2, 0) is 0 Å². The fourth-order valence-electron chi connectivity index (χ4n) is 3.65. The van der Waals surface area contributed by atoms with Crippen LogP contribution in [0.2, 0.25) is 0 Å². The third kappa shape index (κ3) is 2.88. The second kappa shape index (κ2) is 5.69. The van der Waals surface area contributed by atoms with Crippen LogP contribution in [-0.4, -0.2) is 47.3 Å². The van der Waals surface area contributed by atoms with Crippen molar-refractivity contribution in [3.8, 4) is 0 Å². The highest BCUT2D eigenvalue weighted by molar-refractivity contribution is 7.20. The number of nitrogens with one attached hydrogen (secondary N) is 1. The Hall–Kier alpha value is -1.79. The van der Waals surface area contributed by atoms with Crippen molar-refractivity contribution in [2.24, 2.45) is 5.92 Å². The number of thiophene rings is 1. The lowest BCUT2D eigenvalue weighted by atomic mass is 9.97. The van der Waals surface area contributed by atoms with Crippen molar-refractivity contribution in [3.63, 3.8) is 0 Å². The predicted molar refractivity (Wildman–Crippen MR) is 90.0 cm³/mol. The van der Waals surface area contributed by atoms with Crippen molar-refractivity contribution in [2.75, 3.05) is 19.6 Å². The number of ketones is 1. The zero-order valence-corrected chi connectivity index (χ0v) is 13.9. The number of Topliss-reactive ketones (excluding diaryl/α,β-unsaturated/α-hetero) is 1. The van der Waals surface area contributed by atoms with Crippen LogP contribution in [0.1, 0.15) is 39.9 Å². The Morgan fingerprint density at radius 2 is 2.22 bits per heavy atom. The number of aromatic nitrogens is 1. The first-order valence-electron chi connectivity index (χ1n) is 8.02. The predicted octanol–water partition coefficient (Wildman–Crippen LogP) is 2.32. The normalized spacial score (nSPS) is 26.4. The Bertz CT molecular complexity index is 773. The number of carbonyl (C=O) groups excluding carboxylic acids is 2. The van der Waals surface area contributed by atoms with Crippen molar-refractivity contribution >= 4 is 33.1 Å². The van der Waals surface area contributed by atoms with Crippen LogP contribution in [0.25, 0.3) is 10.1 Å². The van der Waals surface area contributed by atoms with Crippen molar-refractivity contribution < 1.29 is 9.59 Å². The molecule has 0 radical (unpaired) electrons. The molecule has 120 valence electrons. The molecule has 1 N–H and O–H groups in total. The minimum Gasteiger partial charge on any atom is -0.347 e. The minimum absolute atomic E-state index is 0.0453. The maximum Gasteiger partial charge on any atom is 0.270 e. The van der Waals surface area contributed by atoms with Gasteiger partial charge in [0.2, 0.25) is 0 Å². The summed E-state index contributed by atoms with van der Waals surface area (Å²) in [6.07, 6.45) is 4.00. The number of nitrogens with zero attached hydrogens (tertiary/aromatic N) is 2. The van der Waals surface area contributed by atoms with Crippen LogP contribution in [0.15, 0.2) is 18.3 Å². The number of carbonyl (C=O) groups is 2. The van der Waals surface area contributed by atoms with E-state index in [-0.39, 0.29) is 17.7 Å². The van der Waals surface area contributed by atoms with Gasteiger partial charge in [0.15, 0.2) is 5.78 Å². The van der Waals surface area contributed by atoms with Crippen LogP contribution in [0, 0.1) is 5.92 Å². The molecule has 3 unspecified atom stereocenters. The molecule has 2 bridgehead atoms. The molecule has 23 heavy (non-hydrogen) atoms. The molecule has 2 aromatic rings. The molecule has 4 rings (SSSR count). The van der Waals surface area contributed by atoms with E-state index in [1.54, 1.807) is 19.2 Å². The van der Waals surface area contributed by atoms with E-state index in [0.717, 1.165) is 35.5 Å². The van der Waals surface area contributed by atoms with Gasteiger partial charge >= 0.3 is 0 Å². The van der Waals surface area contributed by atoms with Gasteiger partial charge in [0.1, 0.15) is 5.69 Å². The summed E-state index contributed by atoms with van der Waals surface area (Å²) in [6, 6.07) is 3.85. The molecule has 2 aliphatic heterocycles. The second-order valence-electron chi connectivity index (χ2n) is 6.59. The summed E-state index contributed by atoms with van der Waals surface area (Å²) in [4.78, 5) is 31.3. The van der Waals surface area contributed by atoms with E-state index in [9.17, 15) is 9.59 Å². The van der Waals surface area contributed by atoms with Gasteiger partial charge in [-0.1, -0.05) is 0 Å². The Labute approximate surface area is 138 Å². The molecular weight excluding hydrogens is 310 g/mol. The first-order valence-corrected chi connectivity index (χ1v) is 8.84. The van der Waals surface area contributed by atoms with E-state index in [2.05, 4.69) is 15.2 Å². The number of amides is 1. The Morgan fingerprint density at radius 3 is 3.00 bits per heavy atom. The lowest BCUT2D eigenvalue weighted by molar-refractivity contribution is 0.0904. The summed E-state index contributed by atoms with van der Waals surface area (Å²) in [5, 5.41) is 4.04. The summed E-state index contributed by atoms with van der Waals surface area (Å²) in [5.74, 6) is 0.654. The van der Waals surface area contributed by atoms with Crippen LogP contribution in [0.4, 0.5) is 0 Å². The first-order chi connectivity index (χ1) is 11.1. The zero-order chi connectivity index (χ0) is 16.0. The summed E-state index contributed by atoms with van der Waals surface area (Å²) in [5.41, 5.74) is 0.433. The standard InChI is InChI=1S/C17H19N3O2S/c1-10(21)15-5-12-7-18-14(6-16(12)23-15)17(22)19-13-4-11-2-3-20(8-11)9-13/h5-7,11,13H,2-4,8-9H2,1H3,(H,19,22). The zero-order valence-electron chi connectivity index (χ0n) is 13.0. The van der Waals surface area contributed by atoms with Crippen molar-refractivity contribution in [1.29, 1.82) is 0 Å². The number of hydrogen-bond donors (Lipinski definition) is 1. The van der Waals surface area contributed by atoms with Crippen LogP contribution >= 0.6 is 11.3 Å². The fraction of sp³-hybridized carbons (Fsp3) is 0.471. The molecule has 1 amide bonds. The van der Waals surface area contributed by atoms with E-state index in [1.807, 2.05) is 6.07 Å². The fourth-order valence-corrected chi connectivity index (χ4v) is 4.62. The van der Waals surface area contributed by atoms with Crippen LogP contribution in [0.3, 0.4) is 0 Å². The summed E-state index contributed by atoms with van der Waals surface area (Å²) < 4.78 is 0.933. The third-order valence-corrected chi connectivity index (χ3v) is 5.98. The van der Waals surface area contributed by atoms with Crippen molar-refractivity contribution in [2.45, 2.75) is 25.8 Å². The van der Waals surface area contributed by atoms with Gasteiger partial charge in [-0.3, -0.25) is 14.6 Å². The minimum atomic E-state index is -0.114. The smallest absolute Gasteiger partial charge is 0.270 e. The van der Waals surface area contributed by atoms with Gasteiger partial charge in [0, 0.05) is 35.4 Å². The molecule has 6 heteroatoms. The largest absolute Gasteiger partial charge is 0.347 e. The molecule has 4 heterocycles. The molecule has 0 saturated carbocycles. The molecule has 0 aromatic carbocycles. The quantitative estimate of drug-likeness (QED) is 0.878. The molecule has 5 nitrogen and oxygen atoms in total. The summed E-state index contributed by atoms with van der Waals surface area (Å²) in [7, 11) is 0. The van der Waals surface area contributed by atoms with E-state index >= 15 is 0 Å². The van der Waals surface area contributed by atoms with Crippen molar-refractivity contribution in [3.05, 3.63) is 28.9 Å². The van der Waals surface area contributed by atoms with Gasteiger partial charge < -0.3 is 10.2 Å². The van der Waals surface area contributed by atoms with Crippen LogP contribution < -0.4 is 5.32 Å². The molecule has 0 aliphatic carbocycles. The topological polar surface area (TPSA) is 62.3 Å². The monoisotopic (exact) mass is 329 g/mol. The van der Waals surface area contributed by atoms with E-state index in [0.29, 0.717) is 10.6 Å². The molecule has 2 aliphatic rings. The average molecular weight is 329 g/mol. The highest BCUT2D eigenvalue weighted by atomic mass is 32.1. The van der Waals surface area contributed by atoms with Gasteiger partial charge in [-0.2, -0.15) is 0 Å². The lowest BCUT2D eigenvalue weighted by Crippen LogP contribution is -2.47. The maximum atomic E-state index is 12.5. The van der Waals surface area contributed by atoms with Gasteiger partial charge in [-0.15, -0.1) is 11.3 Å². The molecule has 2 saturated heterocycles. The second-order valence-corrected chi connectivity index (χ2v) is 7.68. The average Bonchev–Trinajstić information content (AvgIpc) is 3.09. The van der Waals surface area contributed by atoms with E-state index in [1.165, 1.54) is 24.3 Å². The lowest BCUT2D eigenvalue weighted by Gasteiger charge is -2.30. The number of piperidine rings is 1. The van der Waals surface area contributed by atoms with Gasteiger partial charge in [0.25, 0.3) is 5.91 Å². The number of rotatable bonds is 3. The molecule has 2 aromatic heterocycles. The van der Waals surface area contributed by atoms with Gasteiger partial charge in [0.05, 0.1) is 4.88 Å². The van der Waals surface area contributed by atoms with Crippen LogP contribution in [0.5, 0.6) is 0 Å². The van der Waals surface area contributed by atoms with E-state index < -0.39 is 0 Å².